The summed E-state index contributed by atoms with van der Waals surface area (Å²) in [5.74, 6) is -0.448. The van der Waals surface area contributed by atoms with Crippen molar-refractivity contribution in [2.45, 2.75) is 10.6 Å². The summed E-state index contributed by atoms with van der Waals surface area (Å²) in [4.78, 5) is 14.0. The molecule has 0 bridgehead atoms. The maximum atomic E-state index is 12.6. The zero-order chi connectivity index (χ0) is 18.5. The van der Waals surface area contributed by atoms with Gasteiger partial charge >= 0.3 is 0 Å². The van der Waals surface area contributed by atoms with E-state index in [4.69, 9.17) is 23.2 Å². The fourth-order valence-corrected chi connectivity index (χ4v) is 6.16. The lowest BCUT2D eigenvalue weighted by atomic mass is 10.1. The van der Waals surface area contributed by atoms with Crippen LogP contribution in [0.2, 0.25) is 10.0 Å². The molecule has 1 N–H and O–H groups in total. The normalized spacial score (nSPS) is 14.4. The summed E-state index contributed by atoms with van der Waals surface area (Å²) in [5.41, 5.74) is 1.79. The first kappa shape index (κ1) is 17.5. The van der Waals surface area contributed by atoms with Crippen molar-refractivity contribution in [3.8, 4) is 10.4 Å². The number of halogens is 2. The van der Waals surface area contributed by atoms with Crippen LogP contribution in [0.4, 0.5) is 5.69 Å². The van der Waals surface area contributed by atoms with Crippen LogP contribution < -0.4 is 5.32 Å². The number of sulfone groups is 1. The number of hydrogen-bond acceptors (Lipinski definition) is 4. The Labute approximate surface area is 164 Å². The van der Waals surface area contributed by atoms with Gasteiger partial charge in [-0.15, -0.1) is 11.3 Å². The molecule has 0 saturated heterocycles. The van der Waals surface area contributed by atoms with E-state index < -0.39 is 9.84 Å². The van der Waals surface area contributed by atoms with Gasteiger partial charge in [-0.3, -0.25) is 4.79 Å². The number of fused-ring (bicyclic) bond motifs is 3. The lowest BCUT2D eigenvalue weighted by Gasteiger charge is -2.16. The number of thiophene rings is 1. The molecule has 132 valence electrons. The third-order valence-electron chi connectivity index (χ3n) is 3.98. The molecule has 0 aliphatic carbocycles. The van der Waals surface area contributed by atoms with E-state index >= 15 is 0 Å². The summed E-state index contributed by atoms with van der Waals surface area (Å²) < 4.78 is 25.1. The van der Waals surface area contributed by atoms with Crippen LogP contribution in [0.25, 0.3) is 10.4 Å². The van der Waals surface area contributed by atoms with Gasteiger partial charge in [0.15, 0.2) is 9.84 Å². The Morgan fingerprint density at radius 1 is 1.04 bits per heavy atom. The Bertz CT molecular complexity index is 1150. The van der Waals surface area contributed by atoms with Crippen molar-refractivity contribution in [3.63, 3.8) is 0 Å². The molecule has 0 atom stereocenters. The van der Waals surface area contributed by atoms with Crippen LogP contribution in [0.15, 0.2) is 53.4 Å². The van der Waals surface area contributed by atoms with Gasteiger partial charge in [-0.1, -0.05) is 35.3 Å². The molecule has 0 fully saturated rings. The van der Waals surface area contributed by atoms with Crippen LogP contribution in [0.5, 0.6) is 0 Å². The SMILES string of the molecule is O=C(Nc1cccc(Cl)c1)c1cc2c(s1)-c1ccc(Cl)cc1S(=O)(=O)C2. The topological polar surface area (TPSA) is 63.2 Å². The molecule has 26 heavy (non-hydrogen) atoms. The molecule has 1 amide bonds. The third kappa shape index (κ3) is 3.14. The monoisotopic (exact) mass is 423 g/mol. The van der Waals surface area contributed by atoms with Crippen molar-refractivity contribution in [1.82, 2.24) is 0 Å². The van der Waals surface area contributed by atoms with Crippen molar-refractivity contribution in [1.29, 1.82) is 0 Å². The molecule has 4 rings (SSSR count). The molecule has 2 heterocycles. The molecule has 1 aliphatic rings. The standard InChI is InChI=1S/C18H11Cl2NO3S2/c19-11-2-1-3-13(7-11)21-18(22)15-6-10-9-26(23,24)16-8-12(20)4-5-14(16)17(10)25-15/h1-8H,9H2,(H,21,22). The average Bonchev–Trinajstić information content (AvgIpc) is 2.98. The highest BCUT2D eigenvalue weighted by atomic mass is 35.5. The lowest BCUT2D eigenvalue weighted by molar-refractivity contribution is 0.103. The minimum absolute atomic E-state index is 0.142. The fraction of sp³-hybridized carbons (Fsp3) is 0.0556. The molecule has 1 aromatic heterocycles. The van der Waals surface area contributed by atoms with Crippen LogP contribution in [0, 0.1) is 0 Å². The van der Waals surface area contributed by atoms with Gasteiger partial charge < -0.3 is 5.32 Å². The van der Waals surface area contributed by atoms with Gasteiger partial charge in [0.1, 0.15) is 0 Å². The van der Waals surface area contributed by atoms with Crippen LogP contribution >= 0.6 is 34.5 Å². The molecule has 0 radical (unpaired) electrons. The summed E-state index contributed by atoms with van der Waals surface area (Å²) in [6.45, 7) is 0. The first-order chi connectivity index (χ1) is 12.3. The first-order valence-electron chi connectivity index (χ1n) is 7.56. The Kier molecular flexibility index (Phi) is 4.31. The third-order valence-corrected chi connectivity index (χ3v) is 7.36. The number of carbonyl (C=O) groups excluding carboxylic acids is 1. The molecular weight excluding hydrogens is 413 g/mol. The zero-order valence-corrected chi connectivity index (χ0v) is 16.3. The van der Waals surface area contributed by atoms with Gasteiger partial charge in [0, 0.05) is 26.2 Å². The van der Waals surface area contributed by atoms with Gasteiger partial charge in [0.25, 0.3) is 5.91 Å². The Hall–Kier alpha value is -1.86. The van der Waals surface area contributed by atoms with E-state index in [1.54, 1.807) is 42.5 Å². The summed E-state index contributed by atoms with van der Waals surface area (Å²) in [7, 11) is -3.48. The van der Waals surface area contributed by atoms with Gasteiger partial charge in [-0.05, 0) is 42.0 Å². The second kappa shape index (κ2) is 6.39. The number of carbonyl (C=O) groups is 1. The maximum Gasteiger partial charge on any atom is 0.265 e. The van der Waals surface area contributed by atoms with Crippen LogP contribution in [-0.4, -0.2) is 14.3 Å². The highest BCUT2D eigenvalue weighted by Crippen LogP contribution is 2.43. The van der Waals surface area contributed by atoms with E-state index in [0.29, 0.717) is 31.7 Å². The lowest BCUT2D eigenvalue weighted by Crippen LogP contribution is -2.11. The Balaban J connectivity index is 1.73. The quantitative estimate of drug-likeness (QED) is 0.610. The summed E-state index contributed by atoms with van der Waals surface area (Å²) in [5, 5.41) is 3.66. The van der Waals surface area contributed by atoms with Gasteiger partial charge in [-0.25, -0.2) is 8.42 Å². The predicted molar refractivity (Wildman–Crippen MR) is 105 cm³/mol. The Morgan fingerprint density at radius 3 is 2.58 bits per heavy atom. The Morgan fingerprint density at radius 2 is 1.81 bits per heavy atom. The number of benzene rings is 2. The highest BCUT2D eigenvalue weighted by Gasteiger charge is 2.31. The molecule has 0 spiro atoms. The smallest absolute Gasteiger partial charge is 0.265 e. The highest BCUT2D eigenvalue weighted by molar-refractivity contribution is 7.91. The minimum atomic E-state index is -3.48. The predicted octanol–water partition coefficient (Wildman–Crippen LogP) is 5.26. The van der Waals surface area contributed by atoms with Crippen LogP contribution in [0.1, 0.15) is 15.2 Å². The second-order valence-electron chi connectivity index (χ2n) is 5.83. The number of amides is 1. The minimum Gasteiger partial charge on any atom is -0.321 e. The molecule has 0 unspecified atom stereocenters. The van der Waals surface area contributed by atoms with Crippen molar-refractivity contribution < 1.29 is 13.2 Å². The fourth-order valence-electron chi connectivity index (χ4n) is 2.86. The number of nitrogens with one attached hydrogen (secondary N) is 1. The van der Waals surface area contributed by atoms with Gasteiger partial charge in [-0.2, -0.15) is 0 Å². The second-order valence-corrected chi connectivity index (χ2v) is 9.71. The maximum absolute atomic E-state index is 12.6. The number of anilines is 1. The van der Waals surface area contributed by atoms with Crippen LogP contribution in [-0.2, 0) is 15.6 Å². The van der Waals surface area contributed by atoms with Crippen LogP contribution in [0.3, 0.4) is 0 Å². The van der Waals surface area contributed by atoms with Crippen molar-refractivity contribution in [2.24, 2.45) is 0 Å². The van der Waals surface area contributed by atoms with Gasteiger partial charge in [0.2, 0.25) is 0 Å². The molecule has 4 nitrogen and oxygen atoms in total. The van der Waals surface area contributed by atoms with Crippen molar-refractivity contribution in [2.75, 3.05) is 5.32 Å². The molecule has 1 aliphatic heterocycles. The van der Waals surface area contributed by atoms with E-state index in [2.05, 4.69) is 5.32 Å². The molecule has 3 aromatic rings. The summed E-state index contributed by atoms with van der Waals surface area (Å²) in [6.07, 6.45) is 0. The van der Waals surface area contributed by atoms with E-state index in [1.165, 1.54) is 17.4 Å². The number of rotatable bonds is 2. The molecular formula is C18H11Cl2NO3S2. The largest absolute Gasteiger partial charge is 0.321 e. The van der Waals surface area contributed by atoms with Crippen molar-refractivity contribution >= 4 is 56.0 Å². The summed E-state index contributed by atoms with van der Waals surface area (Å²) >= 11 is 13.1. The van der Waals surface area contributed by atoms with E-state index in [-0.39, 0.29) is 16.6 Å². The van der Waals surface area contributed by atoms with E-state index in [0.717, 1.165) is 4.88 Å². The van der Waals surface area contributed by atoms with Gasteiger partial charge in [0.05, 0.1) is 15.5 Å². The first-order valence-corrected chi connectivity index (χ1v) is 10.8. The molecule has 0 saturated carbocycles. The molecule has 2 aromatic carbocycles. The van der Waals surface area contributed by atoms with E-state index in [9.17, 15) is 13.2 Å². The summed E-state index contributed by atoms with van der Waals surface area (Å²) in [6, 6.07) is 13.3. The zero-order valence-electron chi connectivity index (χ0n) is 13.1. The molecule has 8 heteroatoms. The van der Waals surface area contributed by atoms with E-state index in [1.807, 2.05) is 0 Å². The number of hydrogen-bond donors (Lipinski definition) is 1. The van der Waals surface area contributed by atoms with Crippen molar-refractivity contribution in [3.05, 3.63) is 69.0 Å². The average molecular weight is 424 g/mol.